The van der Waals surface area contributed by atoms with Crippen molar-refractivity contribution in [1.29, 1.82) is 0 Å². The first-order chi connectivity index (χ1) is 8.83. The van der Waals surface area contributed by atoms with E-state index in [1.54, 1.807) is 18.0 Å². The van der Waals surface area contributed by atoms with Crippen molar-refractivity contribution in [2.75, 3.05) is 12.4 Å². The molecule has 0 saturated heterocycles. The SMILES string of the molecule is Cn1ccnc1SC[C@@H]1COc2ccccc2O1. The molecular weight excluding hydrogens is 248 g/mol. The van der Waals surface area contributed by atoms with Gasteiger partial charge in [-0.3, -0.25) is 0 Å². The maximum Gasteiger partial charge on any atom is 0.167 e. The molecule has 0 spiro atoms. The number of nitrogens with zero attached hydrogens (tertiary/aromatic N) is 2. The minimum Gasteiger partial charge on any atom is -0.486 e. The predicted molar refractivity (Wildman–Crippen MR) is 70.3 cm³/mol. The van der Waals surface area contributed by atoms with Crippen molar-refractivity contribution in [2.45, 2.75) is 11.3 Å². The average molecular weight is 262 g/mol. The van der Waals surface area contributed by atoms with Crippen molar-refractivity contribution in [1.82, 2.24) is 9.55 Å². The standard InChI is InChI=1S/C13H14N2O2S/c1-15-7-6-14-13(15)18-9-10-8-16-11-4-2-3-5-12(11)17-10/h2-7,10H,8-9H2,1H3/t10-/m0/s1. The Labute approximate surface area is 110 Å². The lowest BCUT2D eigenvalue weighted by Crippen LogP contribution is -2.31. The molecule has 4 nitrogen and oxygen atoms in total. The summed E-state index contributed by atoms with van der Waals surface area (Å²) in [5.41, 5.74) is 0. The van der Waals surface area contributed by atoms with Crippen LogP contribution in [0.5, 0.6) is 11.5 Å². The lowest BCUT2D eigenvalue weighted by molar-refractivity contribution is 0.107. The Bertz CT molecular complexity index is 541. The third kappa shape index (κ3) is 2.31. The van der Waals surface area contributed by atoms with Crippen LogP contribution >= 0.6 is 11.8 Å². The summed E-state index contributed by atoms with van der Waals surface area (Å²) >= 11 is 1.68. The molecule has 1 aromatic carbocycles. The topological polar surface area (TPSA) is 36.3 Å². The molecule has 0 radical (unpaired) electrons. The fraction of sp³-hybridized carbons (Fsp3) is 0.308. The van der Waals surface area contributed by atoms with Crippen LogP contribution in [-0.4, -0.2) is 28.0 Å². The van der Waals surface area contributed by atoms with E-state index < -0.39 is 0 Å². The predicted octanol–water partition coefficient (Wildman–Crippen LogP) is 2.35. The van der Waals surface area contributed by atoms with E-state index in [9.17, 15) is 0 Å². The van der Waals surface area contributed by atoms with Gasteiger partial charge in [-0.05, 0) is 12.1 Å². The number of imidazole rings is 1. The van der Waals surface area contributed by atoms with Gasteiger partial charge in [-0.25, -0.2) is 4.98 Å². The maximum atomic E-state index is 5.89. The van der Waals surface area contributed by atoms with E-state index >= 15 is 0 Å². The fourth-order valence-corrected chi connectivity index (χ4v) is 2.70. The molecule has 2 aromatic rings. The molecule has 2 heterocycles. The number of rotatable bonds is 3. The first-order valence-corrected chi connectivity index (χ1v) is 6.80. The first-order valence-electron chi connectivity index (χ1n) is 5.81. The van der Waals surface area contributed by atoms with E-state index in [0.717, 1.165) is 22.4 Å². The van der Waals surface area contributed by atoms with Crippen LogP contribution in [0.3, 0.4) is 0 Å². The van der Waals surface area contributed by atoms with E-state index in [1.165, 1.54) is 0 Å². The number of para-hydroxylation sites is 2. The van der Waals surface area contributed by atoms with Gasteiger partial charge in [-0.2, -0.15) is 0 Å². The van der Waals surface area contributed by atoms with Crippen molar-refractivity contribution < 1.29 is 9.47 Å². The summed E-state index contributed by atoms with van der Waals surface area (Å²) in [5, 5.41) is 0.998. The number of hydrogen-bond donors (Lipinski definition) is 0. The van der Waals surface area contributed by atoms with E-state index in [2.05, 4.69) is 4.98 Å². The molecule has 1 aliphatic rings. The Kier molecular flexibility index (Phi) is 3.15. The lowest BCUT2D eigenvalue weighted by Gasteiger charge is -2.25. The molecule has 0 unspecified atom stereocenters. The molecule has 0 fully saturated rings. The summed E-state index contributed by atoms with van der Waals surface area (Å²) in [6.07, 6.45) is 3.81. The van der Waals surface area contributed by atoms with E-state index in [4.69, 9.17) is 9.47 Å². The second-order valence-corrected chi connectivity index (χ2v) is 5.12. The minimum absolute atomic E-state index is 0.0709. The van der Waals surface area contributed by atoms with Gasteiger partial charge in [0.25, 0.3) is 0 Å². The molecule has 0 N–H and O–H groups in total. The van der Waals surface area contributed by atoms with E-state index in [-0.39, 0.29) is 6.10 Å². The van der Waals surface area contributed by atoms with Crippen LogP contribution in [0, 0.1) is 0 Å². The first kappa shape index (κ1) is 11.5. The number of thioether (sulfide) groups is 1. The Morgan fingerprint density at radius 3 is 3.00 bits per heavy atom. The summed E-state index contributed by atoms with van der Waals surface area (Å²) < 4.78 is 13.6. The van der Waals surface area contributed by atoms with Gasteiger partial charge in [0, 0.05) is 25.2 Å². The third-order valence-electron chi connectivity index (χ3n) is 2.74. The fourth-order valence-electron chi connectivity index (χ4n) is 1.80. The Hall–Kier alpha value is -1.62. The van der Waals surface area contributed by atoms with Crippen LogP contribution in [0.15, 0.2) is 41.8 Å². The molecule has 94 valence electrons. The summed E-state index contributed by atoms with van der Waals surface area (Å²) in [6, 6.07) is 7.77. The molecule has 0 aliphatic carbocycles. The Morgan fingerprint density at radius 1 is 1.39 bits per heavy atom. The monoisotopic (exact) mass is 262 g/mol. The lowest BCUT2D eigenvalue weighted by atomic mass is 10.3. The molecular formula is C13H14N2O2S. The number of hydrogen-bond acceptors (Lipinski definition) is 4. The van der Waals surface area contributed by atoms with Gasteiger partial charge in [-0.15, -0.1) is 0 Å². The van der Waals surface area contributed by atoms with Gasteiger partial charge >= 0.3 is 0 Å². The highest BCUT2D eigenvalue weighted by atomic mass is 32.2. The molecule has 1 aromatic heterocycles. The van der Waals surface area contributed by atoms with Crippen LogP contribution in [0.25, 0.3) is 0 Å². The van der Waals surface area contributed by atoms with Crippen LogP contribution in [0.2, 0.25) is 0 Å². The Morgan fingerprint density at radius 2 is 2.22 bits per heavy atom. The third-order valence-corrected chi connectivity index (χ3v) is 3.93. The zero-order valence-electron chi connectivity index (χ0n) is 10.1. The van der Waals surface area contributed by atoms with Crippen molar-refractivity contribution >= 4 is 11.8 Å². The van der Waals surface area contributed by atoms with Crippen LogP contribution in [0.4, 0.5) is 0 Å². The van der Waals surface area contributed by atoms with E-state index in [0.29, 0.717) is 6.61 Å². The molecule has 18 heavy (non-hydrogen) atoms. The van der Waals surface area contributed by atoms with Crippen LogP contribution < -0.4 is 9.47 Å². The number of fused-ring (bicyclic) bond motifs is 1. The number of benzene rings is 1. The summed E-state index contributed by atoms with van der Waals surface area (Å²) in [6.45, 7) is 0.592. The molecule has 1 aliphatic heterocycles. The summed E-state index contributed by atoms with van der Waals surface area (Å²) in [4.78, 5) is 4.27. The van der Waals surface area contributed by atoms with Gasteiger partial charge in [0.05, 0.1) is 0 Å². The normalized spacial score (nSPS) is 17.7. The molecule has 1 atom stereocenters. The van der Waals surface area contributed by atoms with Gasteiger partial charge in [0.15, 0.2) is 16.7 Å². The average Bonchev–Trinajstić information content (AvgIpc) is 2.82. The molecule has 5 heteroatoms. The maximum absolute atomic E-state index is 5.89. The zero-order chi connectivity index (χ0) is 12.4. The molecule has 0 amide bonds. The quantitative estimate of drug-likeness (QED) is 0.796. The zero-order valence-corrected chi connectivity index (χ0v) is 10.9. The van der Waals surface area contributed by atoms with Crippen molar-refractivity contribution in [3.63, 3.8) is 0 Å². The second kappa shape index (κ2) is 4.94. The van der Waals surface area contributed by atoms with Gasteiger partial charge in [-0.1, -0.05) is 23.9 Å². The highest BCUT2D eigenvalue weighted by Crippen LogP contribution is 2.32. The van der Waals surface area contributed by atoms with Gasteiger partial charge in [0.2, 0.25) is 0 Å². The number of ether oxygens (including phenoxy) is 2. The molecule has 3 rings (SSSR count). The highest BCUT2D eigenvalue weighted by Gasteiger charge is 2.21. The summed E-state index contributed by atoms with van der Waals surface area (Å²) in [7, 11) is 1.99. The minimum atomic E-state index is 0.0709. The van der Waals surface area contributed by atoms with Crippen molar-refractivity contribution in [3.8, 4) is 11.5 Å². The van der Waals surface area contributed by atoms with Crippen molar-refractivity contribution in [2.24, 2.45) is 7.05 Å². The number of aromatic nitrogens is 2. The number of aryl methyl sites for hydroxylation is 1. The Balaban J connectivity index is 1.61. The highest BCUT2D eigenvalue weighted by molar-refractivity contribution is 7.99. The van der Waals surface area contributed by atoms with Gasteiger partial charge < -0.3 is 14.0 Å². The largest absolute Gasteiger partial charge is 0.486 e. The molecule has 0 bridgehead atoms. The van der Waals surface area contributed by atoms with Gasteiger partial charge in [0.1, 0.15) is 12.7 Å². The summed E-state index contributed by atoms with van der Waals surface area (Å²) in [5.74, 6) is 2.49. The van der Waals surface area contributed by atoms with E-state index in [1.807, 2.05) is 42.1 Å². The van der Waals surface area contributed by atoms with Crippen molar-refractivity contribution in [3.05, 3.63) is 36.7 Å². The molecule has 0 saturated carbocycles. The van der Waals surface area contributed by atoms with Crippen LogP contribution in [-0.2, 0) is 7.05 Å². The smallest absolute Gasteiger partial charge is 0.167 e. The second-order valence-electron chi connectivity index (χ2n) is 4.13. The van der Waals surface area contributed by atoms with Crippen LogP contribution in [0.1, 0.15) is 0 Å².